The third-order valence-corrected chi connectivity index (χ3v) is 3.99. The fourth-order valence-electron chi connectivity index (χ4n) is 2.21. The van der Waals surface area contributed by atoms with E-state index in [9.17, 15) is 19.1 Å². The molecule has 0 aliphatic carbocycles. The molecule has 3 aromatic rings. The standard InChI is InChI=1S/C15H9BrFN3O5/c16-14-13-7(9(20-25-13)5-1-3-6(17)4-2-5)11(21)10(19-14)12(22)8(18)15(23)24/h1-4,8,21H,18H2,(H,23,24). The van der Waals surface area contributed by atoms with Crippen LogP contribution in [-0.2, 0) is 4.79 Å². The number of pyridine rings is 1. The van der Waals surface area contributed by atoms with Crippen LogP contribution in [-0.4, -0.2) is 38.1 Å². The Morgan fingerprint density at radius 3 is 2.52 bits per heavy atom. The molecule has 0 saturated heterocycles. The van der Waals surface area contributed by atoms with Crippen LogP contribution < -0.4 is 5.73 Å². The zero-order chi connectivity index (χ0) is 18.3. The number of carboxylic acid groups (broad SMARTS) is 1. The Hall–Kier alpha value is -2.85. The minimum Gasteiger partial charge on any atom is -0.505 e. The highest BCUT2D eigenvalue weighted by Gasteiger charge is 2.30. The smallest absolute Gasteiger partial charge is 0.328 e. The van der Waals surface area contributed by atoms with Gasteiger partial charge in [0.15, 0.2) is 22.1 Å². The fourth-order valence-corrected chi connectivity index (χ4v) is 2.65. The Morgan fingerprint density at radius 1 is 1.28 bits per heavy atom. The van der Waals surface area contributed by atoms with Crippen molar-refractivity contribution in [3.8, 4) is 17.0 Å². The Balaban J connectivity index is 2.25. The van der Waals surface area contributed by atoms with Crippen LogP contribution in [0.15, 0.2) is 33.4 Å². The maximum Gasteiger partial charge on any atom is 0.328 e. The maximum absolute atomic E-state index is 13.1. The average Bonchev–Trinajstić information content (AvgIpc) is 3.03. The molecule has 0 aliphatic heterocycles. The Bertz CT molecular complexity index is 1000. The fraction of sp³-hybridized carbons (Fsp3) is 0.0667. The third-order valence-electron chi connectivity index (χ3n) is 3.45. The summed E-state index contributed by atoms with van der Waals surface area (Å²) in [5.41, 5.74) is 5.34. The first-order valence-electron chi connectivity index (χ1n) is 6.77. The number of aromatic nitrogens is 2. The number of nitrogens with two attached hydrogens (primary N) is 1. The molecule has 0 aliphatic rings. The van der Waals surface area contributed by atoms with E-state index in [0.717, 1.165) is 0 Å². The van der Waals surface area contributed by atoms with Gasteiger partial charge in [-0.3, -0.25) is 9.59 Å². The molecule has 10 heteroatoms. The van der Waals surface area contributed by atoms with E-state index in [0.29, 0.717) is 5.56 Å². The number of nitrogens with zero attached hydrogens (tertiary/aromatic N) is 2. The number of hydrogen-bond acceptors (Lipinski definition) is 7. The molecule has 8 nitrogen and oxygen atoms in total. The van der Waals surface area contributed by atoms with Crippen molar-refractivity contribution < 1.29 is 28.7 Å². The van der Waals surface area contributed by atoms with Gasteiger partial charge in [0.2, 0.25) is 11.4 Å². The van der Waals surface area contributed by atoms with Crippen molar-refractivity contribution in [2.24, 2.45) is 5.73 Å². The lowest BCUT2D eigenvalue weighted by Gasteiger charge is -2.08. The molecule has 1 atom stereocenters. The predicted octanol–water partition coefficient (Wildman–Crippen LogP) is 2.09. The molecule has 1 aromatic carbocycles. The van der Waals surface area contributed by atoms with E-state index in [1.807, 2.05) is 0 Å². The monoisotopic (exact) mass is 409 g/mol. The molecule has 0 spiro atoms. The van der Waals surface area contributed by atoms with E-state index in [1.165, 1.54) is 24.3 Å². The molecule has 3 rings (SSSR count). The minimum atomic E-state index is -1.89. The second kappa shape index (κ2) is 6.22. The number of aromatic hydroxyl groups is 1. The van der Waals surface area contributed by atoms with Gasteiger partial charge in [0, 0.05) is 5.56 Å². The molecule has 0 bridgehead atoms. The molecular formula is C15H9BrFN3O5. The van der Waals surface area contributed by atoms with Crippen molar-refractivity contribution in [2.45, 2.75) is 6.04 Å². The van der Waals surface area contributed by atoms with Gasteiger partial charge < -0.3 is 20.5 Å². The number of ketones is 1. The number of Topliss-reactive ketones (excluding diaryl/α,β-unsaturated/α-hetero) is 1. The van der Waals surface area contributed by atoms with Gasteiger partial charge in [0.05, 0.1) is 5.39 Å². The number of aliphatic carboxylic acids is 1. The van der Waals surface area contributed by atoms with Crippen LogP contribution in [0.25, 0.3) is 22.2 Å². The zero-order valence-corrected chi connectivity index (χ0v) is 13.8. The van der Waals surface area contributed by atoms with Crippen LogP contribution in [0, 0.1) is 5.82 Å². The molecule has 4 N–H and O–H groups in total. The van der Waals surface area contributed by atoms with Crippen molar-refractivity contribution >= 4 is 38.7 Å². The lowest BCUT2D eigenvalue weighted by molar-refractivity contribution is -0.137. The first kappa shape index (κ1) is 17.0. The van der Waals surface area contributed by atoms with Gasteiger partial charge in [0.1, 0.15) is 11.5 Å². The highest BCUT2D eigenvalue weighted by molar-refractivity contribution is 9.10. The van der Waals surface area contributed by atoms with Crippen molar-refractivity contribution in [1.82, 2.24) is 10.1 Å². The molecule has 2 heterocycles. The van der Waals surface area contributed by atoms with Crippen molar-refractivity contribution in [3.05, 3.63) is 40.4 Å². The first-order valence-corrected chi connectivity index (χ1v) is 7.57. The lowest BCUT2D eigenvalue weighted by atomic mass is 10.0. The van der Waals surface area contributed by atoms with Gasteiger partial charge >= 0.3 is 5.97 Å². The molecule has 0 saturated carbocycles. The molecular weight excluding hydrogens is 401 g/mol. The van der Waals surface area contributed by atoms with Crippen molar-refractivity contribution in [1.29, 1.82) is 0 Å². The summed E-state index contributed by atoms with van der Waals surface area (Å²) in [5, 5.41) is 23.1. The average molecular weight is 410 g/mol. The van der Waals surface area contributed by atoms with Crippen molar-refractivity contribution in [3.63, 3.8) is 0 Å². The molecule has 0 amide bonds. The van der Waals surface area contributed by atoms with Crippen molar-refractivity contribution in [2.75, 3.05) is 0 Å². The van der Waals surface area contributed by atoms with Gasteiger partial charge in [-0.2, -0.15) is 0 Å². The summed E-state index contributed by atoms with van der Waals surface area (Å²) >= 11 is 3.08. The number of carbonyl (C=O) groups excluding carboxylic acids is 1. The van der Waals surface area contributed by atoms with E-state index in [2.05, 4.69) is 26.1 Å². The number of carboxylic acids is 1. The quantitative estimate of drug-likeness (QED) is 0.338. The van der Waals surface area contributed by atoms with Crippen LogP contribution in [0.2, 0.25) is 0 Å². The normalized spacial score (nSPS) is 12.3. The van der Waals surface area contributed by atoms with E-state index >= 15 is 0 Å². The topological polar surface area (TPSA) is 140 Å². The lowest BCUT2D eigenvalue weighted by Crippen LogP contribution is -2.38. The Labute approximate surface area is 147 Å². The molecule has 2 aromatic heterocycles. The van der Waals surface area contributed by atoms with Crippen LogP contribution in [0.5, 0.6) is 5.75 Å². The largest absolute Gasteiger partial charge is 0.505 e. The summed E-state index contributed by atoms with van der Waals surface area (Å²) < 4.78 is 18.2. The van der Waals surface area contributed by atoms with Gasteiger partial charge in [0.25, 0.3) is 0 Å². The van der Waals surface area contributed by atoms with E-state index in [-0.39, 0.29) is 21.3 Å². The second-order valence-electron chi connectivity index (χ2n) is 5.02. The second-order valence-corrected chi connectivity index (χ2v) is 5.77. The van der Waals surface area contributed by atoms with Gasteiger partial charge in [-0.05, 0) is 40.2 Å². The SMILES string of the molecule is NC(C(=O)O)C(=O)c1nc(Br)c2onc(-c3ccc(F)cc3)c2c1O. The first-order chi connectivity index (χ1) is 11.8. The van der Waals surface area contributed by atoms with Crippen LogP contribution in [0.1, 0.15) is 10.5 Å². The van der Waals surface area contributed by atoms with Crippen LogP contribution in [0.4, 0.5) is 4.39 Å². The van der Waals surface area contributed by atoms with Crippen LogP contribution >= 0.6 is 15.9 Å². The van der Waals surface area contributed by atoms with E-state index in [4.69, 9.17) is 15.4 Å². The summed E-state index contributed by atoms with van der Waals surface area (Å²) in [6, 6.07) is 3.30. The molecule has 128 valence electrons. The highest BCUT2D eigenvalue weighted by atomic mass is 79.9. The Morgan fingerprint density at radius 2 is 1.92 bits per heavy atom. The van der Waals surface area contributed by atoms with Crippen LogP contribution in [0.3, 0.4) is 0 Å². The number of rotatable bonds is 4. The summed E-state index contributed by atoms with van der Waals surface area (Å²) in [6.45, 7) is 0. The summed E-state index contributed by atoms with van der Waals surface area (Å²) in [4.78, 5) is 26.9. The summed E-state index contributed by atoms with van der Waals surface area (Å²) in [5.74, 6) is -3.74. The van der Waals surface area contributed by atoms with E-state index in [1.54, 1.807) is 0 Å². The highest BCUT2D eigenvalue weighted by Crippen LogP contribution is 2.39. The number of fused-ring (bicyclic) bond motifs is 1. The zero-order valence-electron chi connectivity index (χ0n) is 12.2. The third kappa shape index (κ3) is 2.85. The number of benzene rings is 1. The van der Waals surface area contributed by atoms with Gasteiger partial charge in [-0.15, -0.1) is 0 Å². The maximum atomic E-state index is 13.1. The Kier molecular flexibility index (Phi) is 4.23. The minimum absolute atomic E-state index is 0.0226. The predicted molar refractivity (Wildman–Crippen MR) is 86.5 cm³/mol. The van der Waals surface area contributed by atoms with Gasteiger partial charge in [-0.25, -0.2) is 9.37 Å². The summed E-state index contributed by atoms with van der Waals surface area (Å²) in [7, 11) is 0. The number of hydrogen-bond donors (Lipinski definition) is 3. The molecule has 1 unspecified atom stereocenters. The number of halogens is 2. The number of carbonyl (C=O) groups is 2. The molecule has 0 fully saturated rings. The molecule has 25 heavy (non-hydrogen) atoms. The summed E-state index contributed by atoms with van der Waals surface area (Å²) in [6.07, 6.45) is 0. The van der Waals surface area contributed by atoms with Gasteiger partial charge in [-0.1, -0.05) is 5.16 Å². The van der Waals surface area contributed by atoms with E-state index < -0.39 is 35.1 Å². The molecule has 0 radical (unpaired) electrons.